The minimum atomic E-state index is -3.52. The van der Waals surface area contributed by atoms with Crippen molar-refractivity contribution in [2.75, 3.05) is 13.1 Å². The van der Waals surface area contributed by atoms with E-state index in [4.69, 9.17) is 4.74 Å². The van der Waals surface area contributed by atoms with E-state index in [1.165, 1.54) is 12.8 Å². The fourth-order valence-electron chi connectivity index (χ4n) is 3.88. The fraction of sp³-hybridized carbons (Fsp3) is 0.600. The normalized spacial score (nSPS) is 25.2. The van der Waals surface area contributed by atoms with Crippen LogP contribution in [0, 0.1) is 5.41 Å². The van der Waals surface area contributed by atoms with E-state index in [-0.39, 0.29) is 23.9 Å². The van der Waals surface area contributed by atoms with Gasteiger partial charge in [-0.15, -0.1) is 21.2 Å². The molecule has 2 heterocycles. The molecule has 0 radical (unpaired) electrons. The van der Waals surface area contributed by atoms with Crippen molar-refractivity contribution >= 4 is 12.4 Å². The van der Waals surface area contributed by atoms with Gasteiger partial charge in [-0.25, -0.2) is 0 Å². The molecule has 0 bridgehead atoms. The molecule has 0 amide bonds. The first kappa shape index (κ1) is 14.9. The Hall–Kier alpha value is -1.07. The third-order valence-electron chi connectivity index (χ3n) is 4.92. The first-order chi connectivity index (χ1) is 9.57. The van der Waals surface area contributed by atoms with Crippen LogP contribution in [0.1, 0.15) is 37.2 Å². The largest absolute Gasteiger partial charge is 0.586 e. The van der Waals surface area contributed by atoms with Gasteiger partial charge in [0.1, 0.15) is 0 Å². The van der Waals surface area contributed by atoms with Crippen LogP contribution in [0.3, 0.4) is 0 Å². The fourth-order valence-corrected chi connectivity index (χ4v) is 3.88. The third kappa shape index (κ3) is 2.46. The van der Waals surface area contributed by atoms with Crippen molar-refractivity contribution in [3.05, 3.63) is 23.8 Å². The van der Waals surface area contributed by atoms with Crippen molar-refractivity contribution in [3.8, 4) is 11.5 Å². The lowest BCUT2D eigenvalue weighted by molar-refractivity contribution is -0.287. The molecule has 2 aliphatic heterocycles. The van der Waals surface area contributed by atoms with Crippen LogP contribution in [0.15, 0.2) is 18.2 Å². The number of nitrogens with one attached hydrogen (secondary N) is 1. The Balaban J connectivity index is 0.00000132. The van der Waals surface area contributed by atoms with Gasteiger partial charge in [0.15, 0.2) is 11.5 Å². The van der Waals surface area contributed by atoms with E-state index in [0.29, 0.717) is 11.3 Å². The summed E-state index contributed by atoms with van der Waals surface area (Å²) in [5.41, 5.74) is 1.30. The second-order valence-corrected chi connectivity index (χ2v) is 6.20. The number of ether oxygens (including phenoxy) is 2. The van der Waals surface area contributed by atoms with E-state index in [9.17, 15) is 8.78 Å². The van der Waals surface area contributed by atoms with Crippen LogP contribution >= 0.6 is 12.4 Å². The van der Waals surface area contributed by atoms with Crippen molar-refractivity contribution in [2.45, 2.75) is 37.9 Å². The summed E-state index contributed by atoms with van der Waals surface area (Å²) in [7, 11) is 0. The average Bonchev–Trinajstić information content (AvgIpc) is 2.70. The topological polar surface area (TPSA) is 30.5 Å². The van der Waals surface area contributed by atoms with Gasteiger partial charge in [-0.2, -0.15) is 0 Å². The van der Waals surface area contributed by atoms with Crippen molar-refractivity contribution in [1.29, 1.82) is 0 Å². The van der Waals surface area contributed by atoms with Gasteiger partial charge in [-0.1, -0.05) is 12.1 Å². The molecule has 0 aromatic heterocycles. The number of alkyl halides is 2. The zero-order valence-electron chi connectivity index (χ0n) is 11.5. The van der Waals surface area contributed by atoms with Crippen molar-refractivity contribution in [3.63, 3.8) is 0 Å². The van der Waals surface area contributed by atoms with Gasteiger partial charge in [0, 0.05) is 5.56 Å². The molecule has 1 aromatic rings. The van der Waals surface area contributed by atoms with Crippen molar-refractivity contribution in [2.24, 2.45) is 5.41 Å². The number of hydrogen-bond acceptors (Lipinski definition) is 3. The lowest BCUT2D eigenvalue weighted by Gasteiger charge is -2.50. The number of rotatable bonds is 1. The second-order valence-electron chi connectivity index (χ2n) is 6.20. The molecule has 1 saturated heterocycles. The smallest absolute Gasteiger partial charge is 0.395 e. The Bertz CT molecular complexity index is 538. The Labute approximate surface area is 128 Å². The van der Waals surface area contributed by atoms with E-state index in [0.717, 1.165) is 31.5 Å². The molecule has 1 N–H and O–H groups in total. The number of benzene rings is 1. The number of hydrogen-bond donors (Lipinski definition) is 1. The lowest BCUT2D eigenvalue weighted by Crippen LogP contribution is -2.44. The monoisotopic (exact) mass is 317 g/mol. The highest BCUT2D eigenvalue weighted by atomic mass is 35.5. The van der Waals surface area contributed by atoms with E-state index in [1.54, 1.807) is 12.1 Å². The standard InChI is InChI=1S/C15H17F2NO2.ClH/c16-15(17)19-12-3-1-2-11(13(12)20-15)10-8-14(9-10)4-6-18-7-5-14;/h1-3,10,18H,4-9H2;1H. The minimum absolute atomic E-state index is 0. The zero-order valence-corrected chi connectivity index (χ0v) is 12.3. The quantitative estimate of drug-likeness (QED) is 0.857. The van der Waals surface area contributed by atoms with Gasteiger partial charge >= 0.3 is 6.29 Å². The molecular weight excluding hydrogens is 300 g/mol. The van der Waals surface area contributed by atoms with E-state index < -0.39 is 6.29 Å². The summed E-state index contributed by atoms with van der Waals surface area (Å²) in [5, 5.41) is 3.37. The molecule has 1 aliphatic carbocycles. The van der Waals surface area contributed by atoms with E-state index >= 15 is 0 Å². The minimum Gasteiger partial charge on any atom is -0.395 e. The molecule has 6 heteroatoms. The van der Waals surface area contributed by atoms with Crippen LogP contribution in [-0.2, 0) is 0 Å². The highest BCUT2D eigenvalue weighted by molar-refractivity contribution is 5.85. The van der Waals surface area contributed by atoms with Crippen LogP contribution in [0.5, 0.6) is 11.5 Å². The Morgan fingerprint density at radius 2 is 1.81 bits per heavy atom. The van der Waals surface area contributed by atoms with Gasteiger partial charge in [-0.3, -0.25) is 0 Å². The Morgan fingerprint density at radius 3 is 2.52 bits per heavy atom. The van der Waals surface area contributed by atoms with Crippen LogP contribution < -0.4 is 14.8 Å². The van der Waals surface area contributed by atoms with E-state index in [1.807, 2.05) is 6.07 Å². The van der Waals surface area contributed by atoms with E-state index in [2.05, 4.69) is 10.1 Å². The first-order valence-electron chi connectivity index (χ1n) is 7.16. The molecular formula is C15H18ClF2NO2. The van der Waals surface area contributed by atoms with Crippen LogP contribution in [0.25, 0.3) is 0 Å². The molecule has 0 unspecified atom stereocenters. The molecule has 0 atom stereocenters. The molecule has 1 aromatic carbocycles. The van der Waals surface area contributed by atoms with Crippen molar-refractivity contribution < 1.29 is 18.3 Å². The summed E-state index contributed by atoms with van der Waals surface area (Å²) < 4.78 is 35.6. The van der Waals surface area contributed by atoms with Crippen LogP contribution in [0.2, 0.25) is 0 Å². The highest BCUT2D eigenvalue weighted by Crippen LogP contribution is 2.59. The Morgan fingerprint density at radius 1 is 1.10 bits per heavy atom. The maximum absolute atomic E-state index is 13.2. The summed E-state index contributed by atoms with van der Waals surface area (Å²) in [6, 6.07) is 5.20. The van der Waals surface area contributed by atoms with Gasteiger partial charge in [0.25, 0.3) is 0 Å². The number of para-hydroxylation sites is 1. The molecule has 2 fully saturated rings. The number of fused-ring (bicyclic) bond motifs is 1. The molecule has 4 rings (SSSR count). The molecule has 21 heavy (non-hydrogen) atoms. The summed E-state index contributed by atoms with van der Waals surface area (Å²) in [6.45, 7) is 2.13. The molecule has 1 saturated carbocycles. The molecule has 116 valence electrons. The zero-order chi connectivity index (χ0) is 13.8. The maximum atomic E-state index is 13.2. The van der Waals surface area contributed by atoms with Crippen molar-refractivity contribution in [1.82, 2.24) is 5.32 Å². The summed E-state index contributed by atoms with van der Waals surface area (Å²) in [6.07, 6.45) is 0.993. The predicted molar refractivity (Wildman–Crippen MR) is 76.4 cm³/mol. The lowest BCUT2D eigenvalue weighted by atomic mass is 9.56. The second kappa shape index (κ2) is 4.99. The average molecular weight is 318 g/mol. The predicted octanol–water partition coefficient (Wildman–Crippen LogP) is 3.68. The molecule has 3 nitrogen and oxygen atoms in total. The van der Waals surface area contributed by atoms with Gasteiger partial charge in [0.05, 0.1) is 0 Å². The maximum Gasteiger partial charge on any atom is 0.586 e. The summed E-state index contributed by atoms with van der Waals surface area (Å²) >= 11 is 0. The van der Waals surface area contributed by atoms with Gasteiger partial charge in [-0.05, 0) is 56.2 Å². The SMILES string of the molecule is Cl.FC1(F)Oc2cccc(C3CC4(CCNCC4)C3)c2O1. The first-order valence-corrected chi connectivity index (χ1v) is 7.16. The molecule has 1 spiro atoms. The summed E-state index contributed by atoms with van der Waals surface area (Å²) in [4.78, 5) is 0. The van der Waals surface area contributed by atoms with Crippen LogP contribution in [-0.4, -0.2) is 19.4 Å². The Kier molecular flexibility index (Phi) is 3.53. The van der Waals surface area contributed by atoms with Gasteiger partial charge < -0.3 is 14.8 Å². The van der Waals surface area contributed by atoms with Gasteiger partial charge in [0.2, 0.25) is 0 Å². The summed E-state index contributed by atoms with van der Waals surface area (Å²) in [5.74, 6) is 0.727. The van der Waals surface area contributed by atoms with Crippen LogP contribution in [0.4, 0.5) is 8.78 Å². The number of halogens is 3. The molecule has 3 aliphatic rings. The number of piperidine rings is 1. The third-order valence-corrected chi connectivity index (χ3v) is 4.92. The highest BCUT2D eigenvalue weighted by Gasteiger charge is 2.49.